The molecule has 1 aromatic carbocycles. The Hall–Kier alpha value is -2.10. The highest BCUT2D eigenvalue weighted by molar-refractivity contribution is 7.93. The lowest BCUT2D eigenvalue weighted by Gasteiger charge is -2.37. The Labute approximate surface area is 154 Å². The summed E-state index contributed by atoms with van der Waals surface area (Å²) >= 11 is 0. The fourth-order valence-corrected chi connectivity index (χ4v) is 4.38. The Bertz CT molecular complexity index is 861. The molecule has 3 rings (SSSR count). The van der Waals surface area contributed by atoms with Crippen LogP contribution in [0.5, 0.6) is 0 Å². The van der Waals surface area contributed by atoms with Gasteiger partial charge >= 0.3 is 15.5 Å². The Morgan fingerprint density at radius 2 is 1.70 bits per heavy atom. The van der Waals surface area contributed by atoms with Crippen molar-refractivity contribution in [2.24, 2.45) is 5.41 Å². The van der Waals surface area contributed by atoms with E-state index >= 15 is 0 Å². The number of hydrogen-bond acceptors (Lipinski definition) is 4. The van der Waals surface area contributed by atoms with Crippen LogP contribution in [0.1, 0.15) is 37.7 Å². The van der Waals surface area contributed by atoms with Crippen molar-refractivity contribution in [1.29, 1.82) is 0 Å². The highest BCUT2D eigenvalue weighted by Gasteiger charge is 2.49. The zero-order valence-electron chi connectivity index (χ0n) is 14.4. The molecule has 1 saturated heterocycles. The van der Waals surface area contributed by atoms with Crippen LogP contribution in [-0.4, -0.2) is 37.1 Å². The molecule has 27 heavy (non-hydrogen) atoms. The van der Waals surface area contributed by atoms with Crippen LogP contribution in [0.4, 0.5) is 18.9 Å². The van der Waals surface area contributed by atoms with Gasteiger partial charge in [0.2, 0.25) is 5.78 Å². The Balaban J connectivity index is 1.79. The van der Waals surface area contributed by atoms with Crippen LogP contribution in [0.2, 0.25) is 0 Å². The maximum Gasteiger partial charge on any atom is 0.516 e. The molecule has 1 heterocycles. The summed E-state index contributed by atoms with van der Waals surface area (Å²) in [6.07, 6.45) is 3.71. The van der Waals surface area contributed by atoms with Gasteiger partial charge < -0.3 is 4.90 Å². The van der Waals surface area contributed by atoms with Crippen LogP contribution in [0.25, 0.3) is 0 Å². The summed E-state index contributed by atoms with van der Waals surface area (Å²) in [5.41, 5.74) is -6.12. The molecule has 0 unspecified atom stereocenters. The first kappa shape index (κ1) is 19.7. The van der Waals surface area contributed by atoms with Crippen molar-refractivity contribution in [3.63, 3.8) is 0 Å². The number of likely N-dealkylation sites (tertiary alicyclic amines) is 1. The number of benzene rings is 1. The number of ketones is 1. The van der Waals surface area contributed by atoms with Crippen LogP contribution in [-0.2, 0) is 26.2 Å². The molecule has 0 bridgehead atoms. The summed E-state index contributed by atoms with van der Waals surface area (Å²) in [6.45, 7) is 0.169. The normalized spacial score (nSPS) is 20.3. The van der Waals surface area contributed by atoms with Crippen molar-refractivity contribution in [2.75, 3.05) is 11.3 Å². The van der Waals surface area contributed by atoms with Gasteiger partial charge in [0.1, 0.15) is 0 Å². The monoisotopic (exact) mass is 404 g/mol. The summed E-state index contributed by atoms with van der Waals surface area (Å²) < 4.78 is 62.2. The molecule has 1 aromatic rings. The van der Waals surface area contributed by atoms with E-state index in [0.717, 1.165) is 12.8 Å². The zero-order chi connectivity index (χ0) is 19.9. The molecule has 1 spiro atoms. The van der Waals surface area contributed by atoms with E-state index in [-0.39, 0.29) is 17.8 Å². The maximum absolute atomic E-state index is 12.6. The molecular weight excluding hydrogens is 385 g/mol. The molecule has 1 aliphatic carbocycles. The molecule has 0 aromatic heterocycles. The van der Waals surface area contributed by atoms with Crippen LogP contribution in [0, 0.1) is 5.41 Å². The molecule has 148 valence electrons. The first-order chi connectivity index (χ1) is 12.6. The molecule has 1 aliphatic heterocycles. The van der Waals surface area contributed by atoms with Crippen LogP contribution in [0.15, 0.2) is 24.3 Å². The van der Waals surface area contributed by atoms with Crippen molar-refractivity contribution >= 4 is 27.4 Å². The minimum Gasteiger partial charge on any atom is -0.332 e. The fourth-order valence-electron chi connectivity index (χ4n) is 3.78. The van der Waals surface area contributed by atoms with Crippen molar-refractivity contribution in [3.05, 3.63) is 29.8 Å². The Morgan fingerprint density at radius 1 is 1.07 bits per heavy atom. The van der Waals surface area contributed by atoms with Crippen molar-refractivity contribution < 1.29 is 31.2 Å². The lowest BCUT2D eigenvalue weighted by Crippen LogP contribution is -2.50. The number of Topliss-reactive ketones (excluding diaryl/α,β-unsaturated/α-hetero) is 1. The van der Waals surface area contributed by atoms with Gasteiger partial charge in [-0.15, -0.1) is 0 Å². The number of para-hydroxylation sites is 1. The van der Waals surface area contributed by atoms with E-state index in [0.29, 0.717) is 25.8 Å². The van der Waals surface area contributed by atoms with Gasteiger partial charge in [-0.1, -0.05) is 31.0 Å². The van der Waals surface area contributed by atoms with Gasteiger partial charge in [0.15, 0.2) is 0 Å². The SMILES string of the molecule is O=C1C(=O)C2(CCCC2)CCN1Cc1ccccc1NS(=O)(=O)C(F)(F)F. The molecule has 6 nitrogen and oxygen atoms in total. The molecule has 1 amide bonds. The third-order valence-electron chi connectivity index (χ3n) is 5.31. The van der Waals surface area contributed by atoms with E-state index in [1.165, 1.54) is 33.9 Å². The van der Waals surface area contributed by atoms with E-state index in [9.17, 15) is 31.2 Å². The van der Waals surface area contributed by atoms with Crippen LogP contribution in [0.3, 0.4) is 0 Å². The molecule has 1 saturated carbocycles. The summed E-state index contributed by atoms with van der Waals surface area (Å²) in [5, 5.41) is 0. The molecule has 0 radical (unpaired) electrons. The van der Waals surface area contributed by atoms with Crippen molar-refractivity contribution in [3.8, 4) is 0 Å². The summed E-state index contributed by atoms with van der Waals surface area (Å²) in [5.74, 6) is -1.10. The second kappa shape index (κ2) is 6.81. The molecule has 1 N–H and O–H groups in total. The molecular formula is C17H19F3N2O4S. The molecule has 2 aliphatic rings. The standard InChI is InChI=1S/C17H19F3N2O4S/c18-17(19,20)27(25,26)21-13-6-2-1-5-12(13)11-22-10-9-16(7-3-4-8-16)14(23)15(22)24/h1-2,5-6,21H,3-4,7-11H2. The Kier molecular flexibility index (Phi) is 4.96. The number of nitrogens with one attached hydrogen (secondary N) is 1. The number of halogens is 3. The predicted molar refractivity (Wildman–Crippen MR) is 91.0 cm³/mol. The molecule has 0 atom stereocenters. The second-order valence-electron chi connectivity index (χ2n) is 7.00. The van der Waals surface area contributed by atoms with Gasteiger partial charge in [0, 0.05) is 18.5 Å². The quantitative estimate of drug-likeness (QED) is 0.783. The minimum absolute atomic E-state index is 0.142. The number of amides is 1. The third kappa shape index (κ3) is 3.67. The van der Waals surface area contributed by atoms with E-state index in [1.807, 2.05) is 0 Å². The smallest absolute Gasteiger partial charge is 0.332 e. The first-order valence-corrected chi connectivity index (χ1v) is 10.0. The maximum atomic E-state index is 12.6. The van der Waals surface area contributed by atoms with Crippen molar-refractivity contribution in [1.82, 2.24) is 4.90 Å². The Morgan fingerprint density at radius 3 is 2.33 bits per heavy atom. The summed E-state index contributed by atoms with van der Waals surface area (Å²) in [6, 6.07) is 5.52. The van der Waals surface area contributed by atoms with Gasteiger partial charge in [0.25, 0.3) is 5.91 Å². The number of piperidine rings is 1. The van der Waals surface area contributed by atoms with Gasteiger partial charge in [-0.3, -0.25) is 14.3 Å². The average molecular weight is 404 g/mol. The topological polar surface area (TPSA) is 83.6 Å². The largest absolute Gasteiger partial charge is 0.516 e. The van der Waals surface area contributed by atoms with E-state index in [4.69, 9.17) is 0 Å². The number of alkyl halides is 3. The van der Waals surface area contributed by atoms with E-state index in [1.54, 1.807) is 0 Å². The summed E-state index contributed by atoms with van der Waals surface area (Å²) in [7, 11) is -5.58. The highest BCUT2D eigenvalue weighted by atomic mass is 32.2. The van der Waals surface area contributed by atoms with Gasteiger partial charge in [-0.05, 0) is 30.9 Å². The highest BCUT2D eigenvalue weighted by Crippen LogP contribution is 2.44. The number of carbonyl (C=O) groups is 2. The number of rotatable bonds is 4. The van der Waals surface area contributed by atoms with Crippen molar-refractivity contribution in [2.45, 2.75) is 44.2 Å². The lowest BCUT2D eigenvalue weighted by atomic mass is 9.75. The number of carbonyl (C=O) groups excluding carboxylic acids is 2. The molecule has 2 fully saturated rings. The van der Waals surface area contributed by atoms with E-state index < -0.39 is 32.6 Å². The lowest BCUT2D eigenvalue weighted by molar-refractivity contribution is -0.155. The second-order valence-corrected chi connectivity index (χ2v) is 8.68. The average Bonchev–Trinajstić information content (AvgIpc) is 3.06. The summed E-state index contributed by atoms with van der Waals surface area (Å²) in [4.78, 5) is 26.3. The minimum atomic E-state index is -5.58. The number of sulfonamides is 1. The van der Waals surface area contributed by atoms with Crippen LogP contribution >= 0.6 is 0 Å². The number of anilines is 1. The van der Waals surface area contributed by atoms with Gasteiger partial charge in [-0.2, -0.15) is 21.6 Å². The van der Waals surface area contributed by atoms with Gasteiger partial charge in [0.05, 0.1) is 5.69 Å². The number of hydrogen-bond donors (Lipinski definition) is 1. The fraction of sp³-hybridized carbons (Fsp3) is 0.529. The zero-order valence-corrected chi connectivity index (χ0v) is 15.2. The third-order valence-corrected chi connectivity index (χ3v) is 6.41. The number of nitrogens with zero attached hydrogens (tertiary/aromatic N) is 1. The van der Waals surface area contributed by atoms with Gasteiger partial charge in [-0.25, -0.2) is 0 Å². The molecule has 10 heteroatoms. The van der Waals surface area contributed by atoms with Crippen LogP contribution < -0.4 is 4.72 Å². The van der Waals surface area contributed by atoms with E-state index in [2.05, 4.69) is 0 Å². The first-order valence-electron chi connectivity index (χ1n) is 8.56. The predicted octanol–water partition coefficient (Wildman–Crippen LogP) is 2.81.